The van der Waals surface area contributed by atoms with Crippen LogP contribution in [0.15, 0.2) is 60.0 Å². The third kappa shape index (κ3) is 7.80. The van der Waals surface area contributed by atoms with Gasteiger partial charge in [0.2, 0.25) is 0 Å². The minimum absolute atomic E-state index is 0.125. The summed E-state index contributed by atoms with van der Waals surface area (Å²) >= 11 is 8.37. The largest absolute Gasteiger partial charge is 0.490 e. The van der Waals surface area contributed by atoms with Crippen molar-refractivity contribution in [3.63, 3.8) is 0 Å². The van der Waals surface area contributed by atoms with Crippen molar-refractivity contribution >= 4 is 43.3 Å². The number of carbonyl (C=O) groups is 1. The van der Waals surface area contributed by atoms with Crippen LogP contribution < -0.4 is 9.64 Å². The molecule has 7 rings (SSSR count). The predicted octanol–water partition coefficient (Wildman–Crippen LogP) is 10.2. The Kier molecular flexibility index (Phi) is 11.1. The fraction of sp³-hybridized carbons (Fsp3) is 0.595. The summed E-state index contributed by atoms with van der Waals surface area (Å²) in [6, 6.07) is 14.1. The maximum absolute atomic E-state index is 12.8. The van der Waals surface area contributed by atoms with Gasteiger partial charge >= 0.3 is 5.97 Å². The van der Waals surface area contributed by atoms with E-state index in [0.717, 1.165) is 60.4 Å². The molecule has 0 amide bonds. The van der Waals surface area contributed by atoms with E-state index in [0.29, 0.717) is 35.2 Å². The third-order valence-corrected chi connectivity index (χ3v) is 18.9. The summed E-state index contributed by atoms with van der Waals surface area (Å²) in [6.07, 6.45) is 14.2. The van der Waals surface area contributed by atoms with E-state index in [-0.39, 0.29) is 22.5 Å². The fourth-order valence-electron chi connectivity index (χ4n) is 9.03. The molecule has 52 heavy (non-hydrogen) atoms. The molecule has 10 heteroatoms. The number of anilines is 1. The normalized spacial score (nSPS) is 26.7. The number of halogens is 1. The van der Waals surface area contributed by atoms with E-state index >= 15 is 0 Å². The van der Waals surface area contributed by atoms with Crippen LogP contribution in [0.5, 0.6) is 5.75 Å². The standard InChI is InChI=1S/C42H56ClN3O4SSi/c1-41(2,3)52(5,6)50-38(29-10-7-12-33(23-29)51-40-44-20-9-21-45-40)34-16-13-31(34)25-46-26-42(19-8-11-28-22-32(43)15-17-35(28)42)27-49-37-18-14-30(24-36(37)46)39(47)48-4/h9,14-15,17-18,20-22,24,29,31,33-34,38H,7-8,10-13,16,19,23,25-27H2,1-6H3/t29-,31+,33-,34-,38-,42+/m1/s1. The average Bonchev–Trinajstić information content (AvgIpc) is 3.26. The number of esters is 1. The van der Waals surface area contributed by atoms with Gasteiger partial charge in [0.05, 0.1) is 31.1 Å². The van der Waals surface area contributed by atoms with Gasteiger partial charge in [0.15, 0.2) is 13.5 Å². The quantitative estimate of drug-likeness (QED) is 0.121. The molecular formula is C42H56ClN3O4SSi. The second-order valence-corrected chi connectivity index (χ2v) is 23.8. The van der Waals surface area contributed by atoms with Crippen LogP contribution in [0.2, 0.25) is 23.2 Å². The highest BCUT2D eigenvalue weighted by Crippen LogP contribution is 2.51. The van der Waals surface area contributed by atoms with Crippen molar-refractivity contribution in [2.45, 2.75) is 119 Å². The smallest absolute Gasteiger partial charge is 0.337 e. The van der Waals surface area contributed by atoms with E-state index in [9.17, 15) is 4.79 Å². The van der Waals surface area contributed by atoms with Crippen molar-refractivity contribution < 1.29 is 18.7 Å². The molecule has 1 spiro atoms. The number of hydrogen-bond acceptors (Lipinski definition) is 8. The number of thioether (sulfide) groups is 1. The Hall–Kier alpha value is -2.59. The molecule has 7 nitrogen and oxygen atoms in total. The maximum Gasteiger partial charge on any atom is 0.337 e. The topological polar surface area (TPSA) is 73.8 Å². The highest BCUT2D eigenvalue weighted by atomic mass is 35.5. The number of aromatic nitrogens is 2. The molecule has 0 bridgehead atoms. The first kappa shape index (κ1) is 37.7. The van der Waals surface area contributed by atoms with Crippen molar-refractivity contribution in [1.82, 2.24) is 9.97 Å². The zero-order valence-electron chi connectivity index (χ0n) is 31.8. The van der Waals surface area contributed by atoms with E-state index in [2.05, 4.69) is 60.9 Å². The number of methoxy groups -OCH3 is 1. The van der Waals surface area contributed by atoms with Gasteiger partial charge in [-0.25, -0.2) is 14.8 Å². The molecule has 4 aliphatic rings. The van der Waals surface area contributed by atoms with Crippen LogP contribution in [0.1, 0.15) is 93.6 Å². The average molecular weight is 763 g/mol. The maximum atomic E-state index is 12.8. The van der Waals surface area contributed by atoms with Gasteiger partial charge in [0, 0.05) is 41.2 Å². The lowest BCUT2D eigenvalue weighted by Gasteiger charge is -2.52. The van der Waals surface area contributed by atoms with Crippen molar-refractivity contribution in [2.75, 3.05) is 31.7 Å². The molecule has 280 valence electrons. The Morgan fingerprint density at radius 3 is 2.63 bits per heavy atom. The van der Waals surface area contributed by atoms with E-state index in [4.69, 9.17) is 25.5 Å². The lowest BCUT2D eigenvalue weighted by atomic mass is 9.65. The number of hydrogen-bond donors (Lipinski definition) is 0. The summed E-state index contributed by atoms with van der Waals surface area (Å²) in [5.41, 5.74) is 4.06. The van der Waals surface area contributed by atoms with Crippen LogP contribution >= 0.6 is 23.4 Å². The van der Waals surface area contributed by atoms with Crippen molar-refractivity contribution in [3.8, 4) is 5.75 Å². The Morgan fingerprint density at radius 2 is 1.90 bits per heavy atom. The summed E-state index contributed by atoms with van der Waals surface area (Å²) < 4.78 is 19.5. The van der Waals surface area contributed by atoms with Gasteiger partial charge in [-0.15, -0.1) is 0 Å². The molecule has 0 N–H and O–H groups in total. The van der Waals surface area contributed by atoms with Crippen molar-refractivity contribution in [2.24, 2.45) is 17.8 Å². The number of aryl methyl sites for hydroxylation is 1. The summed E-state index contributed by atoms with van der Waals surface area (Å²) in [6.45, 7) is 14.3. The number of benzene rings is 2. The van der Waals surface area contributed by atoms with E-state index in [1.807, 2.05) is 54.5 Å². The first-order valence-corrected chi connectivity index (χ1v) is 23.5. The molecule has 1 aliphatic heterocycles. The molecule has 2 aromatic carbocycles. The van der Waals surface area contributed by atoms with Crippen LogP contribution in [-0.2, 0) is 21.0 Å². The number of nitrogens with zero attached hydrogens (tertiary/aromatic N) is 3. The van der Waals surface area contributed by atoms with Gasteiger partial charge in [0.1, 0.15) is 5.75 Å². The van der Waals surface area contributed by atoms with Crippen LogP contribution in [0, 0.1) is 17.8 Å². The fourth-order valence-corrected chi connectivity index (χ4v) is 11.8. The molecule has 2 fully saturated rings. The number of ether oxygens (including phenoxy) is 2. The second-order valence-electron chi connectivity index (χ2n) is 17.3. The van der Waals surface area contributed by atoms with Gasteiger partial charge in [0.25, 0.3) is 0 Å². The Labute approximate surface area is 321 Å². The zero-order chi connectivity index (χ0) is 36.7. The first-order chi connectivity index (χ1) is 24.9. The molecule has 6 atom stereocenters. The molecule has 2 heterocycles. The van der Waals surface area contributed by atoms with Gasteiger partial charge in [-0.1, -0.05) is 56.6 Å². The molecule has 3 aromatic rings. The highest BCUT2D eigenvalue weighted by molar-refractivity contribution is 7.99. The zero-order valence-corrected chi connectivity index (χ0v) is 34.4. The molecule has 0 saturated heterocycles. The minimum Gasteiger partial charge on any atom is -0.490 e. The van der Waals surface area contributed by atoms with E-state index in [1.54, 1.807) is 0 Å². The minimum atomic E-state index is -2.07. The molecule has 0 unspecified atom stereocenters. The van der Waals surface area contributed by atoms with Crippen LogP contribution in [0.4, 0.5) is 5.69 Å². The lowest BCUT2D eigenvalue weighted by Crippen LogP contribution is -2.54. The third-order valence-electron chi connectivity index (χ3n) is 13.0. The highest BCUT2D eigenvalue weighted by Gasteiger charge is 2.49. The number of rotatable bonds is 9. The van der Waals surface area contributed by atoms with E-state index < -0.39 is 8.32 Å². The van der Waals surface area contributed by atoms with Crippen molar-refractivity contribution in [3.05, 3.63) is 76.6 Å². The second kappa shape index (κ2) is 15.3. The number of fused-ring (bicyclic) bond motifs is 3. The van der Waals surface area contributed by atoms with Gasteiger partial charge < -0.3 is 18.8 Å². The Balaban J connectivity index is 1.20. The summed E-state index contributed by atoms with van der Waals surface area (Å²) in [4.78, 5) is 24.5. The van der Waals surface area contributed by atoms with Crippen molar-refractivity contribution in [1.29, 1.82) is 0 Å². The van der Waals surface area contributed by atoms with Gasteiger partial charge in [-0.05, 0) is 135 Å². The van der Waals surface area contributed by atoms with Crippen LogP contribution in [-0.4, -0.2) is 62.4 Å². The van der Waals surface area contributed by atoms with Crippen LogP contribution in [0.3, 0.4) is 0 Å². The monoisotopic (exact) mass is 761 g/mol. The summed E-state index contributed by atoms with van der Waals surface area (Å²) in [5.74, 6) is 1.96. The predicted molar refractivity (Wildman–Crippen MR) is 213 cm³/mol. The molecule has 1 aromatic heterocycles. The molecule has 3 aliphatic carbocycles. The summed E-state index contributed by atoms with van der Waals surface area (Å²) in [5, 5.41) is 2.29. The Bertz CT molecular complexity index is 1740. The van der Waals surface area contributed by atoms with E-state index in [1.165, 1.54) is 50.3 Å². The lowest BCUT2D eigenvalue weighted by molar-refractivity contribution is -0.0225. The Morgan fingerprint density at radius 1 is 1.10 bits per heavy atom. The molecule has 2 saturated carbocycles. The number of carbonyl (C=O) groups excluding carboxylic acids is 1. The molecule has 0 radical (unpaired) electrons. The van der Waals surface area contributed by atoms with Gasteiger partial charge in [-0.2, -0.15) is 0 Å². The first-order valence-electron chi connectivity index (χ1n) is 19.4. The van der Waals surface area contributed by atoms with Gasteiger partial charge in [-0.3, -0.25) is 0 Å². The molecular weight excluding hydrogens is 706 g/mol. The SMILES string of the molecule is COC(=O)c1ccc2c(c1)N(C[C@@H]1CC[C@H]1[C@H](O[Si](C)(C)C(C)(C)C)[C@@H]1CCC[C@@H](Sc3ncccn3)C1)C[C@@]1(CCCc3cc(Cl)ccc31)CO2. The summed E-state index contributed by atoms with van der Waals surface area (Å²) in [7, 11) is -0.620. The van der Waals surface area contributed by atoms with Crippen LogP contribution in [0.25, 0.3) is 0 Å².